The van der Waals surface area contributed by atoms with Crippen molar-refractivity contribution in [3.8, 4) is 0 Å². The smallest absolute Gasteiger partial charge is 0.236 e. The molecule has 0 saturated heterocycles. The van der Waals surface area contributed by atoms with E-state index >= 15 is 0 Å². The molecule has 0 radical (unpaired) electrons. The molecule has 0 aromatic rings. The first kappa shape index (κ1) is 18.4. The van der Waals surface area contributed by atoms with Gasteiger partial charge in [-0.05, 0) is 19.3 Å². The molecule has 2 N–H and O–H groups in total. The van der Waals surface area contributed by atoms with Crippen molar-refractivity contribution in [3.05, 3.63) is 0 Å². The van der Waals surface area contributed by atoms with Crippen LogP contribution in [0.3, 0.4) is 0 Å². The van der Waals surface area contributed by atoms with Crippen molar-refractivity contribution in [3.63, 3.8) is 0 Å². The summed E-state index contributed by atoms with van der Waals surface area (Å²) < 4.78 is 10.9. The van der Waals surface area contributed by atoms with Gasteiger partial charge in [-0.2, -0.15) is 0 Å². The first-order chi connectivity index (χ1) is 9.78. The molecule has 1 aliphatic rings. The number of methoxy groups -OCH3 is 1. The van der Waals surface area contributed by atoms with Crippen LogP contribution in [-0.4, -0.2) is 51.0 Å². The Morgan fingerprint density at radius 1 is 1.33 bits per heavy atom. The van der Waals surface area contributed by atoms with Crippen LogP contribution in [0.5, 0.6) is 0 Å². The Morgan fingerprint density at radius 3 is 2.52 bits per heavy atom. The van der Waals surface area contributed by atoms with Gasteiger partial charge in [0.2, 0.25) is 5.91 Å². The summed E-state index contributed by atoms with van der Waals surface area (Å²) in [6, 6.07) is 0.120. The van der Waals surface area contributed by atoms with Gasteiger partial charge in [0.25, 0.3) is 0 Å². The van der Waals surface area contributed by atoms with Gasteiger partial charge in [-0.25, -0.2) is 0 Å². The highest BCUT2D eigenvalue weighted by molar-refractivity contribution is 5.81. The van der Waals surface area contributed by atoms with Crippen LogP contribution in [0.2, 0.25) is 0 Å². The van der Waals surface area contributed by atoms with Crippen molar-refractivity contribution in [1.29, 1.82) is 0 Å². The Kier molecular flexibility index (Phi) is 7.10. The van der Waals surface area contributed by atoms with E-state index in [2.05, 4.69) is 38.3 Å². The second kappa shape index (κ2) is 8.11. The molecule has 1 amide bonds. The minimum Gasteiger partial charge on any atom is -0.383 e. The molecule has 0 aromatic heterocycles. The molecule has 5 heteroatoms. The second-order valence-electron chi connectivity index (χ2n) is 7.00. The summed E-state index contributed by atoms with van der Waals surface area (Å²) in [5, 5.41) is 6.28. The third-order valence-corrected chi connectivity index (χ3v) is 4.26. The number of rotatable bonds is 9. The number of hydrogen-bond donors (Lipinski definition) is 2. The van der Waals surface area contributed by atoms with E-state index in [0.717, 1.165) is 13.0 Å². The van der Waals surface area contributed by atoms with Crippen molar-refractivity contribution in [2.45, 2.75) is 59.2 Å². The highest BCUT2D eigenvalue weighted by atomic mass is 16.5. The Hall–Kier alpha value is -0.650. The summed E-state index contributed by atoms with van der Waals surface area (Å²) >= 11 is 0. The Morgan fingerprint density at radius 2 is 2.00 bits per heavy atom. The lowest BCUT2D eigenvalue weighted by atomic mass is 9.64. The fraction of sp³-hybridized carbons (Fsp3) is 0.938. The summed E-state index contributed by atoms with van der Waals surface area (Å²) in [5.74, 6) is 0.577. The number of carbonyl (C=O) groups excluding carboxylic acids is 1. The van der Waals surface area contributed by atoms with Crippen LogP contribution in [0.1, 0.15) is 41.0 Å². The molecular formula is C16H32N2O3. The zero-order chi connectivity index (χ0) is 16.0. The van der Waals surface area contributed by atoms with Crippen molar-refractivity contribution >= 4 is 5.91 Å². The lowest BCUT2D eigenvalue weighted by Crippen LogP contribution is -2.64. The second-order valence-corrected chi connectivity index (χ2v) is 7.00. The van der Waals surface area contributed by atoms with Crippen molar-refractivity contribution in [2.24, 2.45) is 11.3 Å². The molecule has 0 spiro atoms. The maximum atomic E-state index is 11.9. The van der Waals surface area contributed by atoms with E-state index in [1.54, 1.807) is 7.11 Å². The number of amides is 1. The van der Waals surface area contributed by atoms with E-state index < -0.39 is 0 Å². The number of carbonyl (C=O) groups is 1. The maximum Gasteiger partial charge on any atom is 0.236 e. The van der Waals surface area contributed by atoms with E-state index in [9.17, 15) is 4.79 Å². The first-order valence-electron chi connectivity index (χ1n) is 7.93. The lowest BCUT2D eigenvalue weighted by molar-refractivity contribution is -0.134. The maximum absolute atomic E-state index is 11.9. The largest absolute Gasteiger partial charge is 0.383 e. The van der Waals surface area contributed by atoms with Crippen LogP contribution in [-0.2, 0) is 14.3 Å². The standard InChI is InChI=1S/C16H32N2O3/c1-11(2)10-21-14-9-13(16(14,4)5)18-12(3)15(19)17-7-8-20-6/h11-14,18H,7-10H2,1-6H3,(H,17,19). The van der Waals surface area contributed by atoms with Gasteiger partial charge in [0.15, 0.2) is 0 Å². The molecule has 1 aliphatic carbocycles. The number of ether oxygens (including phenoxy) is 2. The van der Waals surface area contributed by atoms with Crippen LogP contribution < -0.4 is 10.6 Å². The summed E-state index contributed by atoms with van der Waals surface area (Å²) in [5.41, 5.74) is 0.0654. The molecule has 3 unspecified atom stereocenters. The molecule has 124 valence electrons. The third kappa shape index (κ3) is 5.24. The highest BCUT2D eigenvalue weighted by Gasteiger charge is 2.49. The fourth-order valence-electron chi connectivity index (χ4n) is 2.57. The fourth-order valence-corrected chi connectivity index (χ4v) is 2.57. The van der Waals surface area contributed by atoms with Gasteiger partial charge >= 0.3 is 0 Å². The van der Waals surface area contributed by atoms with E-state index in [0.29, 0.717) is 25.1 Å². The lowest BCUT2D eigenvalue weighted by Gasteiger charge is -2.52. The number of nitrogens with one attached hydrogen (secondary N) is 2. The van der Waals surface area contributed by atoms with E-state index in [1.165, 1.54) is 0 Å². The molecule has 3 atom stereocenters. The molecule has 0 heterocycles. The monoisotopic (exact) mass is 300 g/mol. The van der Waals surface area contributed by atoms with Crippen LogP contribution in [0.25, 0.3) is 0 Å². The van der Waals surface area contributed by atoms with Gasteiger partial charge in [0, 0.05) is 31.7 Å². The van der Waals surface area contributed by atoms with Crippen LogP contribution >= 0.6 is 0 Å². The molecule has 0 bridgehead atoms. The average molecular weight is 300 g/mol. The third-order valence-electron chi connectivity index (χ3n) is 4.26. The van der Waals surface area contributed by atoms with Gasteiger partial charge in [-0.1, -0.05) is 27.7 Å². The quantitative estimate of drug-likeness (QED) is 0.635. The van der Waals surface area contributed by atoms with Gasteiger partial charge in [-0.3, -0.25) is 4.79 Å². The van der Waals surface area contributed by atoms with Crippen molar-refractivity contribution in [1.82, 2.24) is 10.6 Å². The summed E-state index contributed by atoms with van der Waals surface area (Å²) in [4.78, 5) is 11.9. The van der Waals surface area contributed by atoms with Crippen LogP contribution in [0, 0.1) is 11.3 Å². The van der Waals surface area contributed by atoms with Gasteiger partial charge in [0.1, 0.15) is 0 Å². The normalized spacial score (nSPS) is 25.5. The summed E-state index contributed by atoms with van der Waals surface area (Å²) in [7, 11) is 1.63. The van der Waals surface area contributed by atoms with Crippen LogP contribution in [0.15, 0.2) is 0 Å². The predicted octanol–water partition coefficient (Wildman–Crippen LogP) is 1.57. The summed E-state index contributed by atoms with van der Waals surface area (Å²) in [6.07, 6.45) is 1.25. The summed E-state index contributed by atoms with van der Waals surface area (Å²) in [6.45, 7) is 12.5. The van der Waals surface area contributed by atoms with E-state index in [-0.39, 0.29) is 23.5 Å². The topological polar surface area (TPSA) is 59.6 Å². The first-order valence-corrected chi connectivity index (χ1v) is 7.93. The van der Waals surface area contributed by atoms with Crippen molar-refractivity contribution in [2.75, 3.05) is 26.9 Å². The van der Waals surface area contributed by atoms with Gasteiger partial charge in [0.05, 0.1) is 18.8 Å². The highest BCUT2D eigenvalue weighted by Crippen LogP contribution is 2.43. The number of hydrogen-bond acceptors (Lipinski definition) is 4. The molecule has 21 heavy (non-hydrogen) atoms. The van der Waals surface area contributed by atoms with Gasteiger partial charge < -0.3 is 20.1 Å². The predicted molar refractivity (Wildman–Crippen MR) is 84.2 cm³/mol. The Bertz CT molecular complexity index is 331. The Labute approximate surface area is 129 Å². The molecule has 1 fully saturated rings. The van der Waals surface area contributed by atoms with Crippen LogP contribution in [0.4, 0.5) is 0 Å². The Balaban J connectivity index is 2.34. The minimum atomic E-state index is -0.197. The zero-order valence-electron chi connectivity index (χ0n) is 14.4. The average Bonchev–Trinajstić information content (AvgIpc) is 2.41. The van der Waals surface area contributed by atoms with E-state index in [1.807, 2.05) is 6.92 Å². The molecular weight excluding hydrogens is 268 g/mol. The van der Waals surface area contributed by atoms with Gasteiger partial charge in [-0.15, -0.1) is 0 Å². The van der Waals surface area contributed by atoms with Crippen molar-refractivity contribution < 1.29 is 14.3 Å². The minimum absolute atomic E-state index is 0.0226. The molecule has 1 rings (SSSR count). The molecule has 0 aliphatic heterocycles. The van der Waals surface area contributed by atoms with E-state index in [4.69, 9.17) is 9.47 Å². The SMILES string of the molecule is COCCNC(=O)C(C)NC1CC(OCC(C)C)C1(C)C. The zero-order valence-corrected chi connectivity index (χ0v) is 14.4. The molecule has 5 nitrogen and oxygen atoms in total. The molecule has 1 saturated carbocycles. The molecule has 0 aromatic carbocycles.